The Morgan fingerprint density at radius 3 is 2.85 bits per heavy atom. The summed E-state index contributed by atoms with van der Waals surface area (Å²) in [6.45, 7) is 6.50. The maximum Gasteiger partial charge on any atom is 0.188 e. The van der Waals surface area contributed by atoms with Crippen molar-refractivity contribution in [1.82, 2.24) is 25.1 Å². The molecule has 1 saturated carbocycles. The van der Waals surface area contributed by atoms with E-state index in [0.29, 0.717) is 23.2 Å². The van der Waals surface area contributed by atoms with Gasteiger partial charge in [-0.25, -0.2) is 9.97 Å². The summed E-state index contributed by atoms with van der Waals surface area (Å²) in [5.74, 6) is 1.33. The molecule has 1 aliphatic heterocycles. The van der Waals surface area contributed by atoms with Crippen molar-refractivity contribution in [2.75, 3.05) is 31.9 Å². The zero-order valence-electron chi connectivity index (χ0n) is 20.1. The van der Waals surface area contributed by atoms with Crippen molar-refractivity contribution in [2.24, 2.45) is 7.05 Å². The van der Waals surface area contributed by atoms with E-state index in [1.54, 1.807) is 7.11 Å². The van der Waals surface area contributed by atoms with Gasteiger partial charge in [-0.3, -0.25) is 4.68 Å². The van der Waals surface area contributed by atoms with Gasteiger partial charge in [-0.1, -0.05) is 0 Å². The van der Waals surface area contributed by atoms with Gasteiger partial charge < -0.3 is 19.7 Å². The average molecular weight is 459 g/mol. The molecule has 2 aromatic carbocycles. The molecule has 2 aromatic heterocycles. The van der Waals surface area contributed by atoms with Crippen LogP contribution in [0.5, 0.6) is 5.75 Å². The molecule has 8 nitrogen and oxygen atoms in total. The van der Waals surface area contributed by atoms with E-state index in [0.717, 1.165) is 46.0 Å². The highest BCUT2D eigenvalue weighted by Gasteiger charge is 2.47. The highest BCUT2D eigenvalue weighted by Crippen LogP contribution is 2.40. The number of hydrogen-bond donors (Lipinski definition) is 1. The Hall–Kier alpha value is -3.23. The lowest BCUT2D eigenvalue weighted by molar-refractivity contribution is 0.0511. The fourth-order valence-corrected chi connectivity index (χ4v) is 5.28. The van der Waals surface area contributed by atoms with Crippen LogP contribution in [-0.4, -0.2) is 58.3 Å². The van der Waals surface area contributed by atoms with Crippen molar-refractivity contribution in [3.63, 3.8) is 0 Å². The van der Waals surface area contributed by atoms with E-state index in [2.05, 4.69) is 40.4 Å². The molecule has 6 rings (SSSR count). The van der Waals surface area contributed by atoms with Crippen LogP contribution >= 0.6 is 0 Å². The van der Waals surface area contributed by atoms with Gasteiger partial charge >= 0.3 is 0 Å². The van der Waals surface area contributed by atoms with Crippen LogP contribution in [-0.2, 0) is 11.8 Å². The van der Waals surface area contributed by atoms with Crippen LogP contribution in [0.15, 0.2) is 36.7 Å². The summed E-state index contributed by atoms with van der Waals surface area (Å²) in [6.07, 6.45) is 6.45. The van der Waals surface area contributed by atoms with Crippen molar-refractivity contribution < 1.29 is 9.47 Å². The Morgan fingerprint density at radius 1 is 1.21 bits per heavy atom. The van der Waals surface area contributed by atoms with E-state index in [-0.39, 0.29) is 6.79 Å². The molecular formula is C26H30N6O2. The van der Waals surface area contributed by atoms with Gasteiger partial charge in [-0.15, -0.1) is 0 Å². The smallest absolute Gasteiger partial charge is 0.188 e. The predicted octanol–water partition coefficient (Wildman–Crippen LogP) is 3.81. The predicted molar refractivity (Wildman–Crippen MR) is 133 cm³/mol. The number of piperazine rings is 1. The molecule has 0 radical (unpaired) electrons. The molecule has 176 valence electrons. The molecule has 1 saturated heterocycles. The molecule has 8 heteroatoms. The minimum Gasteiger partial charge on any atom is -0.466 e. The van der Waals surface area contributed by atoms with E-state index in [4.69, 9.17) is 19.4 Å². The number of anilines is 1. The first kappa shape index (κ1) is 21.3. The lowest BCUT2D eigenvalue weighted by Crippen LogP contribution is -2.57. The number of ether oxygens (including phenoxy) is 2. The molecular weight excluding hydrogens is 428 g/mol. The maximum atomic E-state index is 5.97. The average Bonchev–Trinajstić information content (AvgIpc) is 3.44. The first-order valence-corrected chi connectivity index (χ1v) is 11.8. The largest absolute Gasteiger partial charge is 0.466 e. The van der Waals surface area contributed by atoms with Crippen LogP contribution in [0, 0.1) is 6.92 Å². The quantitative estimate of drug-likeness (QED) is 0.456. The molecule has 34 heavy (non-hydrogen) atoms. The first-order chi connectivity index (χ1) is 16.4. The van der Waals surface area contributed by atoms with Crippen LogP contribution in [0.1, 0.15) is 25.3 Å². The number of aromatic nitrogens is 4. The maximum absolute atomic E-state index is 5.97. The minimum absolute atomic E-state index is 0.147. The summed E-state index contributed by atoms with van der Waals surface area (Å²) in [6, 6.07) is 9.04. The van der Waals surface area contributed by atoms with Crippen LogP contribution in [0.4, 0.5) is 5.69 Å². The molecule has 1 aliphatic carbocycles. The molecule has 4 aromatic rings. The number of methoxy groups -OCH3 is 1. The third-order valence-electron chi connectivity index (χ3n) is 6.98. The number of nitrogens with zero attached hydrogens (tertiary/aromatic N) is 5. The Labute approximate surface area is 198 Å². The summed E-state index contributed by atoms with van der Waals surface area (Å²) in [5.41, 5.74) is 5.16. The van der Waals surface area contributed by atoms with Crippen LogP contribution in [0.25, 0.3) is 33.2 Å². The molecule has 0 unspecified atom stereocenters. The van der Waals surface area contributed by atoms with E-state index < -0.39 is 0 Å². The molecule has 0 bridgehead atoms. The van der Waals surface area contributed by atoms with Crippen LogP contribution in [0.3, 0.4) is 0 Å². The summed E-state index contributed by atoms with van der Waals surface area (Å²) in [4.78, 5) is 12.2. The SMILES string of the molecule is COCOc1c(-c2ncc3cc(N4C[C@H](C)NC5(CC5)C4)ccc3n2)cc2cn(C)nc2c1C. The van der Waals surface area contributed by atoms with Gasteiger partial charge in [-0.2, -0.15) is 5.10 Å². The van der Waals surface area contributed by atoms with E-state index in [1.165, 1.54) is 18.5 Å². The second-order valence-corrected chi connectivity index (χ2v) is 9.81. The first-order valence-electron chi connectivity index (χ1n) is 11.8. The second-order valence-electron chi connectivity index (χ2n) is 9.81. The second kappa shape index (κ2) is 7.92. The Balaban J connectivity index is 1.39. The fraction of sp³-hybridized carbons (Fsp3) is 0.423. The molecule has 1 atom stereocenters. The standard InChI is InChI=1S/C26H30N6O2/c1-16-12-32(14-26(29-16)7-8-26)20-5-6-22-18(9-20)11-27-25(28-22)21-10-19-13-31(3)30-23(19)17(2)24(21)34-15-33-4/h5-6,9-11,13,16,29H,7-8,12,14-15H2,1-4H3/t16-/m0/s1. The van der Waals surface area contributed by atoms with Gasteiger partial charge in [0.1, 0.15) is 5.75 Å². The van der Waals surface area contributed by atoms with Gasteiger partial charge in [0, 0.05) is 73.2 Å². The number of aryl methyl sites for hydroxylation is 2. The van der Waals surface area contributed by atoms with Crippen molar-refractivity contribution >= 4 is 27.5 Å². The zero-order valence-corrected chi connectivity index (χ0v) is 20.1. The van der Waals surface area contributed by atoms with E-state index in [1.807, 2.05) is 37.1 Å². The topological polar surface area (TPSA) is 77.3 Å². The summed E-state index contributed by atoms with van der Waals surface area (Å²) >= 11 is 0. The van der Waals surface area contributed by atoms with Crippen LogP contribution < -0.4 is 15.0 Å². The summed E-state index contributed by atoms with van der Waals surface area (Å²) in [7, 11) is 3.53. The minimum atomic E-state index is 0.147. The van der Waals surface area contributed by atoms with Crippen molar-refractivity contribution in [1.29, 1.82) is 0 Å². The van der Waals surface area contributed by atoms with E-state index in [9.17, 15) is 0 Å². The highest BCUT2D eigenvalue weighted by atomic mass is 16.7. The molecule has 0 amide bonds. The van der Waals surface area contributed by atoms with Gasteiger partial charge in [0.2, 0.25) is 0 Å². The molecule has 1 N–H and O–H groups in total. The number of benzene rings is 2. The fourth-order valence-electron chi connectivity index (χ4n) is 5.28. The van der Waals surface area contributed by atoms with Crippen LogP contribution in [0.2, 0.25) is 0 Å². The summed E-state index contributed by atoms with van der Waals surface area (Å²) in [5, 5.41) is 10.4. The zero-order chi connectivity index (χ0) is 23.4. The molecule has 3 heterocycles. The number of hydrogen-bond acceptors (Lipinski definition) is 7. The normalized spacial score (nSPS) is 19.3. The monoisotopic (exact) mass is 458 g/mol. The lowest BCUT2D eigenvalue weighted by atomic mass is 10.0. The lowest BCUT2D eigenvalue weighted by Gasteiger charge is -2.39. The molecule has 1 spiro atoms. The van der Waals surface area contributed by atoms with Gasteiger partial charge in [-0.05, 0) is 51.0 Å². The summed E-state index contributed by atoms with van der Waals surface area (Å²) < 4.78 is 13.0. The molecule has 2 aliphatic rings. The van der Waals surface area contributed by atoms with Crippen molar-refractivity contribution in [3.05, 3.63) is 42.2 Å². The Kier molecular flexibility index (Phi) is 4.97. The third kappa shape index (κ3) is 3.67. The molecule has 2 fully saturated rings. The highest BCUT2D eigenvalue weighted by molar-refractivity contribution is 5.91. The van der Waals surface area contributed by atoms with Gasteiger partial charge in [0.15, 0.2) is 12.6 Å². The van der Waals surface area contributed by atoms with Crippen molar-refractivity contribution in [3.8, 4) is 17.1 Å². The Bertz CT molecular complexity index is 1390. The van der Waals surface area contributed by atoms with Gasteiger partial charge in [0.05, 0.1) is 16.6 Å². The number of fused-ring (bicyclic) bond motifs is 2. The Morgan fingerprint density at radius 2 is 2.06 bits per heavy atom. The number of rotatable bonds is 5. The van der Waals surface area contributed by atoms with E-state index >= 15 is 0 Å². The van der Waals surface area contributed by atoms with Crippen molar-refractivity contribution in [2.45, 2.75) is 38.3 Å². The third-order valence-corrected chi connectivity index (χ3v) is 6.98. The van der Waals surface area contributed by atoms with Gasteiger partial charge in [0.25, 0.3) is 0 Å². The number of nitrogens with one attached hydrogen (secondary N) is 1.